The Morgan fingerprint density at radius 2 is 1.89 bits per heavy atom. The van der Waals surface area contributed by atoms with Crippen molar-refractivity contribution < 1.29 is 4.74 Å². The number of hydrogen-bond acceptors (Lipinski definition) is 2. The molecule has 0 spiro atoms. The van der Waals surface area contributed by atoms with Gasteiger partial charge < -0.3 is 15.0 Å². The van der Waals surface area contributed by atoms with Crippen LogP contribution in [-0.4, -0.2) is 44.7 Å². The fraction of sp³-hybridized carbons (Fsp3) is 0.435. The normalized spacial score (nSPS) is 24.7. The molecule has 0 amide bonds. The number of rotatable bonds is 5. The Morgan fingerprint density at radius 3 is 2.59 bits per heavy atom. The van der Waals surface area contributed by atoms with Gasteiger partial charge in [0.25, 0.3) is 0 Å². The van der Waals surface area contributed by atoms with Gasteiger partial charge in [0.1, 0.15) is 5.75 Å². The van der Waals surface area contributed by atoms with Crippen molar-refractivity contribution in [2.24, 2.45) is 10.9 Å². The number of likely N-dealkylation sites (tertiary alicyclic amines) is 1. The maximum atomic E-state index is 5.27. The lowest BCUT2D eigenvalue weighted by Crippen LogP contribution is -2.40. The first-order chi connectivity index (χ1) is 13.3. The van der Waals surface area contributed by atoms with Crippen LogP contribution >= 0.6 is 0 Å². The van der Waals surface area contributed by atoms with Gasteiger partial charge in [0, 0.05) is 32.6 Å². The molecule has 0 bridgehead atoms. The van der Waals surface area contributed by atoms with Gasteiger partial charge in [0.15, 0.2) is 5.96 Å². The average molecular weight is 364 g/mol. The van der Waals surface area contributed by atoms with Gasteiger partial charge in [-0.1, -0.05) is 42.5 Å². The Bertz CT molecular complexity index is 772. The maximum Gasteiger partial charge on any atom is 0.193 e. The molecule has 1 aliphatic heterocycles. The summed E-state index contributed by atoms with van der Waals surface area (Å²) in [6.45, 7) is 3.10. The van der Waals surface area contributed by atoms with E-state index in [1.165, 1.54) is 24.0 Å². The third-order valence-electron chi connectivity index (χ3n) is 5.96. The number of guanidine groups is 1. The lowest BCUT2D eigenvalue weighted by atomic mass is 9.98. The summed E-state index contributed by atoms with van der Waals surface area (Å²) in [5.74, 6) is 3.97. The lowest BCUT2D eigenvalue weighted by Gasteiger charge is -2.22. The van der Waals surface area contributed by atoms with Crippen molar-refractivity contribution in [3.05, 3.63) is 65.7 Å². The molecule has 27 heavy (non-hydrogen) atoms. The van der Waals surface area contributed by atoms with E-state index in [9.17, 15) is 0 Å². The number of benzene rings is 2. The van der Waals surface area contributed by atoms with Crippen LogP contribution in [0.5, 0.6) is 5.75 Å². The maximum absolute atomic E-state index is 5.27. The van der Waals surface area contributed by atoms with Crippen molar-refractivity contribution >= 4 is 5.96 Å². The Labute approximate surface area is 162 Å². The van der Waals surface area contributed by atoms with Crippen LogP contribution in [0.4, 0.5) is 0 Å². The molecular weight excluding hydrogens is 334 g/mol. The van der Waals surface area contributed by atoms with Crippen LogP contribution in [0, 0.1) is 5.92 Å². The van der Waals surface area contributed by atoms with Crippen LogP contribution < -0.4 is 10.1 Å². The van der Waals surface area contributed by atoms with E-state index in [4.69, 9.17) is 4.74 Å². The second kappa shape index (κ2) is 8.03. The van der Waals surface area contributed by atoms with E-state index in [1.54, 1.807) is 7.11 Å². The summed E-state index contributed by atoms with van der Waals surface area (Å²) in [5.41, 5.74) is 2.86. The highest BCUT2D eigenvalue weighted by atomic mass is 16.5. The first-order valence-electron chi connectivity index (χ1n) is 9.93. The fourth-order valence-corrected chi connectivity index (χ4v) is 4.24. The van der Waals surface area contributed by atoms with E-state index in [-0.39, 0.29) is 0 Å². The first-order valence-corrected chi connectivity index (χ1v) is 9.93. The summed E-state index contributed by atoms with van der Waals surface area (Å²) >= 11 is 0. The molecule has 4 rings (SSSR count). The smallest absolute Gasteiger partial charge is 0.193 e. The molecule has 0 radical (unpaired) electrons. The minimum absolute atomic E-state index is 0.562. The molecule has 1 heterocycles. The molecule has 2 fully saturated rings. The second-order valence-corrected chi connectivity index (χ2v) is 7.65. The highest BCUT2D eigenvalue weighted by Crippen LogP contribution is 2.46. The number of hydrogen-bond donors (Lipinski definition) is 1. The van der Waals surface area contributed by atoms with Gasteiger partial charge in [-0.2, -0.15) is 0 Å². The van der Waals surface area contributed by atoms with Crippen LogP contribution in [0.1, 0.15) is 35.8 Å². The monoisotopic (exact) mass is 363 g/mol. The van der Waals surface area contributed by atoms with Gasteiger partial charge in [-0.3, -0.25) is 4.99 Å². The Morgan fingerprint density at radius 1 is 1.11 bits per heavy atom. The molecule has 4 heteroatoms. The molecule has 1 N–H and O–H groups in total. The minimum Gasteiger partial charge on any atom is -0.497 e. The molecule has 2 aromatic rings. The van der Waals surface area contributed by atoms with Crippen molar-refractivity contribution in [2.75, 3.05) is 33.8 Å². The Balaban J connectivity index is 1.29. The quantitative estimate of drug-likeness (QED) is 0.647. The molecule has 1 saturated heterocycles. The van der Waals surface area contributed by atoms with E-state index in [2.05, 4.69) is 69.8 Å². The van der Waals surface area contributed by atoms with Crippen molar-refractivity contribution in [1.82, 2.24) is 10.2 Å². The van der Waals surface area contributed by atoms with Gasteiger partial charge in [0.2, 0.25) is 0 Å². The molecule has 3 atom stereocenters. The van der Waals surface area contributed by atoms with Gasteiger partial charge in [0.05, 0.1) is 7.11 Å². The molecule has 3 unspecified atom stereocenters. The highest BCUT2D eigenvalue weighted by Gasteiger charge is 2.38. The molecule has 2 aromatic carbocycles. The number of ether oxygens (including phenoxy) is 1. The fourth-order valence-electron chi connectivity index (χ4n) is 4.24. The summed E-state index contributed by atoms with van der Waals surface area (Å²) < 4.78 is 5.27. The van der Waals surface area contributed by atoms with Gasteiger partial charge in [-0.25, -0.2) is 0 Å². The zero-order valence-corrected chi connectivity index (χ0v) is 16.3. The van der Waals surface area contributed by atoms with Gasteiger partial charge in [-0.15, -0.1) is 0 Å². The van der Waals surface area contributed by atoms with Gasteiger partial charge >= 0.3 is 0 Å². The molecular formula is C23H29N3O. The molecule has 142 valence electrons. The number of methoxy groups -OCH3 is 1. The van der Waals surface area contributed by atoms with E-state index in [0.29, 0.717) is 11.8 Å². The van der Waals surface area contributed by atoms with Crippen LogP contribution in [0.25, 0.3) is 0 Å². The zero-order chi connectivity index (χ0) is 18.6. The molecule has 1 saturated carbocycles. The first kappa shape index (κ1) is 17.9. The molecule has 1 aliphatic carbocycles. The van der Waals surface area contributed by atoms with Crippen molar-refractivity contribution in [3.8, 4) is 5.75 Å². The number of nitrogens with one attached hydrogen (secondary N) is 1. The summed E-state index contributed by atoms with van der Waals surface area (Å²) in [4.78, 5) is 6.93. The zero-order valence-electron chi connectivity index (χ0n) is 16.3. The number of nitrogens with zero attached hydrogens (tertiary/aromatic N) is 2. The van der Waals surface area contributed by atoms with Crippen molar-refractivity contribution in [1.29, 1.82) is 0 Å². The summed E-state index contributed by atoms with van der Waals surface area (Å²) in [6, 6.07) is 19.4. The third kappa shape index (κ3) is 4.10. The minimum atomic E-state index is 0.562. The van der Waals surface area contributed by atoms with Crippen molar-refractivity contribution in [3.63, 3.8) is 0 Å². The Hall–Kier alpha value is -2.49. The third-order valence-corrected chi connectivity index (χ3v) is 5.96. The van der Waals surface area contributed by atoms with Crippen molar-refractivity contribution in [2.45, 2.75) is 24.7 Å². The predicted molar refractivity (Wildman–Crippen MR) is 111 cm³/mol. The van der Waals surface area contributed by atoms with Crippen LogP contribution in [0.3, 0.4) is 0 Å². The Kier molecular flexibility index (Phi) is 5.33. The standard InChI is InChI=1S/C23H29N3O/c1-24-23(25-15-20-14-22(20)18-6-4-3-5-7-18)26-13-12-19(16-26)17-8-10-21(27-2)11-9-17/h3-11,19-20,22H,12-16H2,1-2H3,(H,24,25). The summed E-state index contributed by atoms with van der Waals surface area (Å²) in [5, 5.41) is 3.62. The SMILES string of the molecule is CN=C(NCC1CC1c1ccccc1)N1CCC(c2ccc(OC)cc2)C1. The topological polar surface area (TPSA) is 36.9 Å². The van der Waals surface area contributed by atoms with Crippen LogP contribution in [0.2, 0.25) is 0 Å². The van der Waals surface area contributed by atoms with Gasteiger partial charge in [-0.05, 0) is 47.9 Å². The van der Waals surface area contributed by atoms with E-state index in [1.807, 2.05) is 7.05 Å². The van der Waals surface area contributed by atoms with Crippen LogP contribution in [0.15, 0.2) is 59.6 Å². The van der Waals surface area contributed by atoms with E-state index >= 15 is 0 Å². The number of aliphatic imine (C=N–C) groups is 1. The lowest BCUT2D eigenvalue weighted by molar-refractivity contribution is 0.414. The van der Waals surface area contributed by atoms with E-state index in [0.717, 1.165) is 37.3 Å². The molecule has 0 aromatic heterocycles. The van der Waals surface area contributed by atoms with E-state index < -0.39 is 0 Å². The molecule has 4 nitrogen and oxygen atoms in total. The molecule has 2 aliphatic rings. The summed E-state index contributed by atoms with van der Waals surface area (Å²) in [7, 11) is 3.61. The highest BCUT2D eigenvalue weighted by molar-refractivity contribution is 5.80. The average Bonchev–Trinajstić information content (AvgIpc) is 3.35. The predicted octanol–water partition coefficient (Wildman–Crippen LogP) is 3.86. The largest absolute Gasteiger partial charge is 0.497 e. The second-order valence-electron chi connectivity index (χ2n) is 7.65. The van der Waals surface area contributed by atoms with Crippen LogP contribution in [-0.2, 0) is 0 Å². The summed E-state index contributed by atoms with van der Waals surface area (Å²) in [6.07, 6.45) is 2.45.